The number of furan rings is 1. The van der Waals surface area contributed by atoms with Crippen LogP contribution in [-0.4, -0.2) is 15.1 Å². The molecule has 0 saturated heterocycles. The first-order valence-electron chi connectivity index (χ1n) is 6.90. The summed E-state index contributed by atoms with van der Waals surface area (Å²) in [5.74, 6) is 0.462. The molecule has 4 heteroatoms. The predicted octanol–water partition coefficient (Wildman–Crippen LogP) is 4.43. The smallest absolute Gasteiger partial charge is 0.169 e. The molecule has 0 bridgehead atoms. The van der Waals surface area contributed by atoms with Crippen LogP contribution in [0.5, 0.6) is 0 Å². The zero-order valence-corrected chi connectivity index (χ0v) is 11.6. The maximum Gasteiger partial charge on any atom is 0.169 e. The van der Waals surface area contributed by atoms with Gasteiger partial charge in [0.05, 0.1) is 11.2 Å². The minimum Gasteiger partial charge on any atom is -0.504 e. The molecule has 0 spiro atoms. The minimum atomic E-state index is 0.0417. The second-order valence-electron chi connectivity index (χ2n) is 4.95. The van der Waals surface area contributed by atoms with Crippen molar-refractivity contribution in [3.8, 4) is 0 Å². The minimum absolute atomic E-state index is 0.0417. The number of fused-ring (bicyclic) bond motifs is 2. The van der Waals surface area contributed by atoms with Gasteiger partial charge in [0.25, 0.3) is 0 Å². The summed E-state index contributed by atoms with van der Waals surface area (Å²) < 4.78 is 5.65. The largest absolute Gasteiger partial charge is 0.504 e. The molecule has 1 N–H and O–H groups in total. The highest BCUT2D eigenvalue weighted by atomic mass is 16.4. The van der Waals surface area contributed by atoms with Crippen molar-refractivity contribution >= 4 is 33.7 Å². The van der Waals surface area contributed by atoms with E-state index in [1.165, 1.54) is 6.33 Å². The average Bonchev–Trinajstić information content (AvgIpc) is 2.99. The summed E-state index contributed by atoms with van der Waals surface area (Å²) in [5, 5.41) is 12.2. The molecule has 2 heterocycles. The van der Waals surface area contributed by atoms with Gasteiger partial charge in [0, 0.05) is 16.8 Å². The molecule has 0 aliphatic carbocycles. The molecule has 0 saturated carbocycles. The van der Waals surface area contributed by atoms with Gasteiger partial charge in [-0.15, -0.1) is 0 Å². The van der Waals surface area contributed by atoms with Gasteiger partial charge in [-0.05, 0) is 18.2 Å². The van der Waals surface area contributed by atoms with Gasteiger partial charge in [0.15, 0.2) is 11.5 Å². The molecule has 0 unspecified atom stereocenters. The molecule has 0 aliphatic rings. The summed E-state index contributed by atoms with van der Waals surface area (Å²) in [6.45, 7) is 0. The molecule has 0 aliphatic heterocycles. The van der Waals surface area contributed by atoms with E-state index in [0.29, 0.717) is 11.5 Å². The first kappa shape index (κ1) is 12.6. The number of aliphatic hydroxyl groups is 1. The van der Waals surface area contributed by atoms with Crippen LogP contribution in [0.25, 0.3) is 33.7 Å². The lowest BCUT2D eigenvalue weighted by molar-refractivity contribution is 0.474. The third kappa shape index (κ3) is 2.11. The molecule has 0 fully saturated rings. The Hall–Kier alpha value is -3.14. The van der Waals surface area contributed by atoms with Crippen molar-refractivity contribution < 1.29 is 9.52 Å². The third-order valence-electron chi connectivity index (χ3n) is 3.53. The van der Waals surface area contributed by atoms with Gasteiger partial charge in [-0.3, -0.25) is 0 Å². The Bertz CT molecular complexity index is 964. The number of hydrogen-bond donors (Lipinski definition) is 1. The second kappa shape index (κ2) is 5.00. The van der Waals surface area contributed by atoms with Crippen molar-refractivity contribution in [3.63, 3.8) is 0 Å². The standard InChI is InChI=1S/C18H12N2O2/c21-16(18-9-12-5-1-4-8-17(12)22-18)10-15-13-6-2-3-7-14(13)19-11-20-15/h1-11,21H. The average molecular weight is 288 g/mol. The number of nitrogens with zero attached hydrogens (tertiary/aromatic N) is 2. The Labute approximate surface area is 126 Å². The molecule has 0 radical (unpaired) electrons. The maximum absolute atomic E-state index is 10.3. The molecule has 0 amide bonds. The molecule has 2 aromatic heterocycles. The van der Waals surface area contributed by atoms with E-state index < -0.39 is 0 Å². The highest BCUT2D eigenvalue weighted by molar-refractivity contribution is 5.91. The van der Waals surface area contributed by atoms with Crippen molar-refractivity contribution in [2.45, 2.75) is 0 Å². The van der Waals surface area contributed by atoms with E-state index in [-0.39, 0.29) is 5.76 Å². The molecular weight excluding hydrogens is 276 g/mol. The molecule has 2 aromatic carbocycles. The molecule has 4 nitrogen and oxygen atoms in total. The summed E-state index contributed by atoms with van der Waals surface area (Å²) in [6.07, 6.45) is 3.09. The fourth-order valence-electron chi connectivity index (χ4n) is 2.45. The van der Waals surface area contributed by atoms with E-state index in [0.717, 1.165) is 21.9 Å². The quantitative estimate of drug-likeness (QED) is 0.554. The molecule has 0 atom stereocenters. The summed E-state index contributed by atoms with van der Waals surface area (Å²) in [7, 11) is 0. The summed E-state index contributed by atoms with van der Waals surface area (Å²) in [5.41, 5.74) is 2.23. The predicted molar refractivity (Wildman–Crippen MR) is 86.3 cm³/mol. The van der Waals surface area contributed by atoms with Crippen molar-refractivity contribution in [2.24, 2.45) is 0 Å². The molecule has 4 rings (SSSR count). The lowest BCUT2D eigenvalue weighted by Crippen LogP contribution is -1.88. The molecule has 4 aromatic rings. The number of aromatic nitrogens is 2. The molecule has 22 heavy (non-hydrogen) atoms. The Kier molecular flexibility index (Phi) is 2.86. The number of rotatable bonds is 2. The topological polar surface area (TPSA) is 59.2 Å². The van der Waals surface area contributed by atoms with Crippen LogP contribution in [0.15, 0.2) is 65.3 Å². The van der Waals surface area contributed by atoms with Gasteiger partial charge in [0.2, 0.25) is 0 Å². The number of para-hydroxylation sites is 2. The SMILES string of the molecule is OC(=Cc1ncnc2ccccc12)c1cc2ccccc2o1. The zero-order chi connectivity index (χ0) is 14.9. The number of benzene rings is 2. The van der Waals surface area contributed by atoms with Gasteiger partial charge < -0.3 is 9.52 Å². The number of hydrogen-bond acceptors (Lipinski definition) is 4. The van der Waals surface area contributed by atoms with Crippen LogP contribution < -0.4 is 0 Å². The van der Waals surface area contributed by atoms with Crippen molar-refractivity contribution in [2.75, 3.05) is 0 Å². The normalized spacial score (nSPS) is 12.1. The van der Waals surface area contributed by atoms with E-state index in [9.17, 15) is 5.11 Å². The van der Waals surface area contributed by atoms with Crippen molar-refractivity contribution in [1.29, 1.82) is 0 Å². The van der Waals surface area contributed by atoms with E-state index in [4.69, 9.17) is 4.42 Å². The fourth-order valence-corrected chi connectivity index (χ4v) is 2.45. The lowest BCUT2D eigenvalue weighted by Gasteiger charge is -2.01. The number of aliphatic hydroxyl groups excluding tert-OH is 1. The monoisotopic (exact) mass is 288 g/mol. The Morgan fingerprint density at radius 2 is 1.82 bits per heavy atom. The molecular formula is C18H12N2O2. The second-order valence-corrected chi connectivity index (χ2v) is 4.95. The Morgan fingerprint density at radius 3 is 2.73 bits per heavy atom. The Morgan fingerprint density at radius 1 is 1.00 bits per heavy atom. The van der Waals surface area contributed by atoms with Gasteiger partial charge in [-0.25, -0.2) is 9.97 Å². The van der Waals surface area contributed by atoms with Crippen LogP contribution in [0.3, 0.4) is 0 Å². The van der Waals surface area contributed by atoms with Gasteiger partial charge in [0.1, 0.15) is 11.9 Å². The van der Waals surface area contributed by atoms with Crippen LogP contribution >= 0.6 is 0 Å². The van der Waals surface area contributed by atoms with E-state index in [2.05, 4.69) is 9.97 Å². The van der Waals surface area contributed by atoms with Crippen molar-refractivity contribution in [3.05, 3.63) is 72.4 Å². The van der Waals surface area contributed by atoms with Crippen LogP contribution in [0.1, 0.15) is 11.5 Å². The first-order chi connectivity index (χ1) is 10.8. The third-order valence-corrected chi connectivity index (χ3v) is 3.53. The highest BCUT2D eigenvalue weighted by Crippen LogP contribution is 2.25. The zero-order valence-electron chi connectivity index (χ0n) is 11.6. The van der Waals surface area contributed by atoms with E-state index in [1.807, 2.05) is 54.6 Å². The van der Waals surface area contributed by atoms with Crippen LogP contribution in [0.4, 0.5) is 0 Å². The summed E-state index contributed by atoms with van der Waals surface area (Å²) >= 11 is 0. The van der Waals surface area contributed by atoms with Crippen LogP contribution in [0.2, 0.25) is 0 Å². The molecule has 106 valence electrons. The van der Waals surface area contributed by atoms with E-state index >= 15 is 0 Å². The highest BCUT2D eigenvalue weighted by Gasteiger charge is 2.09. The van der Waals surface area contributed by atoms with Crippen molar-refractivity contribution in [1.82, 2.24) is 9.97 Å². The van der Waals surface area contributed by atoms with Gasteiger partial charge in [-0.2, -0.15) is 0 Å². The Balaban J connectivity index is 1.83. The van der Waals surface area contributed by atoms with Gasteiger partial charge >= 0.3 is 0 Å². The van der Waals surface area contributed by atoms with Gasteiger partial charge in [-0.1, -0.05) is 36.4 Å². The van der Waals surface area contributed by atoms with Crippen LogP contribution in [0, 0.1) is 0 Å². The fraction of sp³-hybridized carbons (Fsp3) is 0. The van der Waals surface area contributed by atoms with E-state index in [1.54, 1.807) is 6.08 Å². The lowest BCUT2D eigenvalue weighted by atomic mass is 10.1. The summed E-state index contributed by atoms with van der Waals surface area (Å²) in [4.78, 5) is 8.45. The maximum atomic E-state index is 10.3. The summed E-state index contributed by atoms with van der Waals surface area (Å²) in [6, 6.07) is 17.1. The first-order valence-corrected chi connectivity index (χ1v) is 6.90. The van der Waals surface area contributed by atoms with Crippen LogP contribution in [-0.2, 0) is 0 Å².